The molecule has 3 N–H and O–H groups in total. The van der Waals surface area contributed by atoms with E-state index < -0.39 is 52.6 Å². The summed E-state index contributed by atoms with van der Waals surface area (Å²) >= 11 is 0. The maximum absolute atomic E-state index is 13.3. The van der Waals surface area contributed by atoms with Crippen LogP contribution >= 0.6 is 15.6 Å². The molecule has 10 atom stereocenters. The van der Waals surface area contributed by atoms with Gasteiger partial charge >= 0.3 is 15.6 Å². The number of hydrogen-bond donors (Lipinski definition) is 3. The van der Waals surface area contributed by atoms with E-state index in [0.29, 0.717) is 50.5 Å². The Labute approximate surface area is 314 Å². The van der Waals surface area contributed by atoms with Crippen LogP contribution in [0.2, 0.25) is 0 Å². The predicted molar refractivity (Wildman–Crippen MR) is 194 cm³/mol. The summed E-state index contributed by atoms with van der Waals surface area (Å²) in [4.78, 5) is 64.4. The van der Waals surface area contributed by atoms with Crippen LogP contribution in [0.1, 0.15) is 112 Å². The highest BCUT2D eigenvalue weighted by Gasteiger charge is 2.44. The summed E-state index contributed by atoms with van der Waals surface area (Å²) in [5.74, 6) is 0.674. The van der Waals surface area contributed by atoms with E-state index in [9.17, 15) is 38.4 Å². The van der Waals surface area contributed by atoms with Gasteiger partial charge in [0.25, 0.3) is 0 Å². The normalized spacial score (nSPS) is 31.4. The molecule has 3 aliphatic heterocycles. The molecule has 3 heterocycles. The molecule has 3 saturated heterocycles. The number of carbonyl (C=O) groups is 3. The highest BCUT2D eigenvalue weighted by atomic mass is 31.2. The van der Waals surface area contributed by atoms with E-state index in [1.807, 2.05) is 20.8 Å². The Kier molecular flexibility index (Phi) is 16.8. The largest absolute Gasteiger partial charge is 0.472 e. The third kappa shape index (κ3) is 13.1. The first-order valence-electron chi connectivity index (χ1n) is 19.5. The molecular formula is C35H63N3O13P2. The maximum atomic E-state index is 13.3. The Hall–Kier alpha value is -1.45. The van der Waals surface area contributed by atoms with Crippen molar-refractivity contribution in [3.63, 3.8) is 0 Å². The van der Waals surface area contributed by atoms with Gasteiger partial charge in [-0.3, -0.25) is 32.5 Å². The fraction of sp³-hybridized carbons (Fsp3) is 0.914. The minimum atomic E-state index is -4.67. The van der Waals surface area contributed by atoms with Crippen molar-refractivity contribution in [3.05, 3.63) is 0 Å². The SMILES string of the molecule is CCCC(=O)N1C[C@H](O)C[C@H]1COP(=O)(O)O[C@@H]1C[C@@H](COP(=O)(O)O[C@@H]2C[C@@H](COC3CCC(C(C)C)C3)N(C(=O)CCC)C2)N(C(=O)CCC)C1. The summed E-state index contributed by atoms with van der Waals surface area (Å²) in [5.41, 5.74) is 0. The van der Waals surface area contributed by atoms with Crippen LogP contribution in [0, 0.1) is 11.8 Å². The number of nitrogens with zero attached hydrogens (tertiary/aromatic N) is 3. The first-order chi connectivity index (χ1) is 25.0. The van der Waals surface area contributed by atoms with Gasteiger partial charge in [-0.15, -0.1) is 0 Å². The Morgan fingerprint density at radius 3 is 1.51 bits per heavy atom. The summed E-state index contributed by atoms with van der Waals surface area (Å²) in [6, 6.07) is -1.66. The van der Waals surface area contributed by atoms with Crippen LogP contribution in [0.25, 0.3) is 0 Å². The fourth-order valence-corrected chi connectivity index (χ4v) is 9.93. The highest BCUT2D eigenvalue weighted by molar-refractivity contribution is 7.47. The van der Waals surface area contributed by atoms with E-state index in [-0.39, 0.29) is 81.8 Å². The standard InChI is InChI=1S/C35H63N3O13P2/c1-6-9-33(40)36-18-29(39)15-26(36)22-48-52(43,44)51-32-17-28(38(20-32)35(42)11-8-3)23-49-53(45,46)50-31-16-27(37(19-31)34(41)10-7-2)21-47-30-13-12-25(14-30)24(4)5/h24-32,39H,6-23H2,1-5H3,(H,43,44)(H,45,46)/t25?,26-,27-,28-,29+,30?,31+,32+/m0/s1. The van der Waals surface area contributed by atoms with Crippen LogP contribution in [0.3, 0.4) is 0 Å². The molecule has 0 bridgehead atoms. The topological polar surface area (TPSA) is 202 Å². The second-order valence-corrected chi connectivity index (χ2v) is 18.3. The zero-order chi connectivity index (χ0) is 38.9. The number of β-amino-alcohol motifs (C(OH)–C–C–N with tert-alkyl or cyclic N) is 1. The third-order valence-electron chi connectivity index (χ3n) is 10.8. The van der Waals surface area contributed by atoms with Crippen molar-refractivity contribution < 1.29 is 61.2 Å². The molecule has 0 aromatic rings. The second kappa shape index (κ2) is 20.1. The average Bonchev–Trinajstić information content (AvgIpc) is 3.88. The first kappa shape index (κ1) is 44.3. The minimum Gasteiger partial charge on any atom is -0.391 e. The van der Waals surface area contributed by atoms with Gasteiger partial charge in [0, 0.05) is 38.9 Å². The molecule has 0 aromatic carbocycles. The van der Waals surface area contributed by atoms with Crippen molar-refractivity contribution in [2.75, 3.05) is 39.5 Å². The van der Waals surface area contributed by atoms with Crippen LogP contribution in [-0.4, -0.2) is 129 Å². The quantitative estimate of drug-likeness (QED) is 0.147. The molecule has 18 heteroatoms. The summed E-state index contributed by atoms with van der Waals surface area (Å²) in [6.07, 6.45) is 3.84. The van der Waals surface area contributed by atoms with E-state index >= 15 is 0 Å². The molecule has 53 heavy (non-hydrogen) atoms. The molecule has 0 spiro atoms. The Bertz CT molecular complexity index is 1320. The van der Waals surface area contributed by atoms with Crippen LogP contribution < -0.4 is 0 Å². The van der Waals surface area contributed by atoms with Gasteiger partial charge in [0.1, 0.15) is 0 Å². The Morgan fingerprint density at radius 2 is 1.08 bits per heavy atom. The van der Waals surface area contributed by atoms with Gasteiger partial charge in [-0.25, -0.2) is 9.13 Å². The molecule has 16 nitrogen and oxygen atoms in total. The molecule has 3 amide bonds. The lowest BCUT2D eigenvalue weighted by Crippen LogP contribution is -2.39. The number of rotatable bonds is 20. The lowest BCUT2D eigenvalue weighted by Gasteiger charge is -2.26. The molecule has 4 rings (SSSR count). The van der Waals surface area contributed by atoms with Crippen molar-refractivity contribution in [1.29, 1.82) is 0 Å². The van der Waals surface area contributed by atoms with Crippen LogP contribution in [0.4, 0.5) is 0 Å². The molecule has 4 fully saturated rings. The summed E-state index contributed by atoms with van der Waals surface area (Å²) in [5, 5.41) is 10.1. The Morgan fingerprint density at radius 1 is 0.642 bits per heavy atom. The van der Waals surface area contributed by atoms with Gasteiger partial charge in [-0.1, -0.05) is 34.6 Å². The van der Waals surface area contributed by atoms with Gasteiger partial charge in [0.2, 0.25) is 17.7 Å². The third-order valence-corrected chi connectivity index (χ3v) is 12.9. The number of likely N-dealkylation sites (tertiary alicyclic amines) is 3. The summed E-state index contributed by atoms with van der Waals surface area (Å²) in [7, 11) is -9.34. The zero-order valence-corrected chi connectivity index (χ0v) is 33.9. The van der Waals surface area contributed by atoms with Crippen LogP contribution in [-0.2, 0) is 46.3 Å². The number of hydrogen-bond acceptors (Lipinski definition) is 11. The summed E-state index contributed by atoms with van der Waals surface area (Å²) < 4.78 is 54.3. The van der Waals surface area contributed by atoms with Gasteiger partial charge in [-0.05, 0) is 69.6 Å². The number of aliphatic hydroxyl groups excluding tert-OH is 1. The molecule has 306 valence electrons. The maximum Gasteiger partial charge on any atom is 0.472 e. The van der Waals surface area contributed by atoms with Crippen molar-refractivity contribution in [2.45, 2.75) is 154 Å². The van der Waals surface area contributed by atoms with Crippen LogP contribution in [0.5, 0.6) is 0 Å². The molecule has 1 saturated carbocycles. The second-order valence-electron chi connectivity index (χ2n) is 15.5. The lowest BCUT2D eigenvalue weighted by molar-refractivity contribution is -0.134. The van der Waals surface area contributed by atoms with Crippen molar-refractivity contribution in [3.8, 4) is 0 Å². The van der Waals surface area contributed by atoms with E-state index in [4.69, 9.17) is 22.8 Å². The van der Waals surface area contributed by atoms with E-state index in [1.54, 1.807) is 4.90 Å². The number of ether oxygens (including phenoxy) is 1. The first-order valence-corrected chi connectivity index (χ1v) is 22.5. The number of phosphoric acid groups is 2. The van der Waals surface area contributed by atoms with Crippen molar-refractivity contribution >= 4 is 33.4 Å². The zero-order valence-electron chi connectivity index (χ0n) is 32.1. The molecule has 0 aromatic heterocycles. The molecular weight excluding hydrogens is 732 g/mol. The monoisotopic (exact) mass is 795 g/mol. The smallest absolute Gasteiger partial charge is 0.391 e. The van der Waals surface area contributed by atoms with Gasteiger partial charge in [0.15, 0.2) is 0 Å². The number of phosphoric ester groups is 2. The molecule has 1 aliphatic carbocycles. The van der Waals surface area contributed by atoms with Crippen molar-refractivity contribution in [2.24, 2.45) is 11.8 Å². The summed E-state index contributed by atoms with van der Waals surface area (Å²) in [6.45, 7) is 9.80. The van der Waals surface area contributed by atoms with Gasteiger partial charge in [0.05, 0.1) is 62.4 Å². The van der Waals surface area contributed by atoms with Crippen LogP contribution in [0.15, 0.2) is 0 Å². The number of aliphatic hydroxyl groups is 1. The minimum absolute atomic E-state index is 0.0214. The lowest BCUT2D eigenvalue weighted by atomic mass is 9.95. The number of amides is 3. The molecule has 4 aliphatic rings. The van der Waals surface area contributed by atoms with E-state index in [1.165, 1.54) is 9.80 Å². The Balaban J connectivity index is 1.32. The fourth-order valence-electron chi connectivity index (χ4n) is 8.03. The van der Waals surface area contributed by atoms with Gasteiger partial charge < -0.3 is 34.3 Å². The predicted octanol–water partition coefficient (Wildman–Crippen LogP) is 4.40. The highest BCUT2D eigenvalue weighted by Crippen LogP contribution is 2.49. The molecule has 0 radical (unpaired) electrons. The molecule has 4 unspecified atom stereocenters. The van der Waals surface area contributed by atoms with E-state index in [0.717, 1.165) is 19.3 Å². The van der Waals surface area contributed by atoms with E-state index in [2.05, 4.69) is 13.8 Å². The van der Waals surface area contributed by atoms with Crippen molar-refractivity contribution in [1.82, 2.24) is 14.7 Å². The average molecular weight is 796 g/mol. The number of carbonyl (C=O) groups excluding carboxylic acids is 3. The van der Waals surface area contributed by atoms with Gasteiger partial charge in [-0.2, -0.15) is 0 Å².